The smallest absolute Gasteiger partial charge is 0.231 e. The average molecular weight is 203 g/mol. The van der Waals surface area contributed by atoms with Gasteiger partial charge in [0, 0.05) is 12.2 Å². The normalized spacial score (nSPS) is 14.9. The van der Waals surface area contributed by atoms with E-state index in [2.05, 4.69) is 32.0 Å². The fraction of sp³-hybridized carbons (Fsp3) is 0.462. The number of anilines is 1. The number of amides is 1. The van der Waals surface area contributed by atoms with Crippen LogP contribution in [-0.4, -0.2) is 12.5 Å². The van der Waals surface area contributed by atoms with Gasteiger partial charge in [0.25, 0.3) is 0 Å². The summed E-state index contributed by atoms with van der Waals surface area (Å²) in [5, 5.41) is 0. The maximum Gasteiger partial charge on any atom is 0.231 e. The standard InChI is InChI=1S/C13H17NO/c1-4-14-12-6-5-10(9(2)3)7-11(12)8-13(14)15/h5-7,9H,4,8H2,1-3H3. The summed E-state index contributed by atoms with van der Waals surface area (Å²) in [6.45, 7) is 7.14. The average Bonchev–Trinajstić information content (AvgIpc) is 2.51. The van der Waals surface area contributed by atoms with Crippen LogP contribution in [0.25, 0.3) is 0 Å². The van der Waals surface area contributed by atoms with Crippen molar-refractivity contribution < 1.29 is 4.79 Å². The number of nitrogens with zero attached hydrogens (tertiary/aromatic N) is 1. The molecule has 1 aliphatic heterocycles. The van der Waals surface area contributed by atoms with Gasteiger partial charge in [-0.3, -0.25) is 4.79 Å². The van der Waals surface area contributed by atoms with E-state index in [0.29, 0.717) is 12.3 Å². The Hall–Kier alpha value is -1.31. The summed E-state index contributed by atoms with van der Waals surface area (Å²) in [6.07, 6.45) is 0.573. The number of rotatable bonds is 2. The van der Waals surface area contributed by atoms with Crippen LogP contribution in [0.2, 0.25) is 0 Å². The number of carbonyl (C=O) groups is 1. The Morgan fingerprint density at radius 1 is 1.40 bits per heavy atom. The Labute approximate surface area is 90.9 Å². The molecule has 0 N–H and O–H groups in total. The molecule has 0 saturated heterocycles. The molecule has 0 bridgehead atoms. The van der Waals surface area contributed by atoms with E-state index in [1.165, 1.54) is 11.1 Å². The molecule has 2 nitrogen and oxygen atoms in total. The highest BCUT2D eigenvalue weighted by molar-refractivity contribution is 6.01. The first kappa shape index (κ1) is 10.2. The van der Waals surface area contributed by atoms with E-state index in [0.717, 1.165) is 12.2 Å². The number of carbonyl (C=O) groups excluding carboxylic acids is 1. The summed E-state index contributed by atoms with van der Waals surface area (Å²) in [7, 11) is 0. The fourth-order valence-corrected chi connectivity index (χ4v) is 2.11. The summed E-state index contributed by atoms with van der Waals surface area (Å²) < 4.78 is 0. The van der Waals surface area contributed by atoms with Crippen molar-refractivity contribution in [1.82, 2.24) is 0 Å². The maximum absolute atomic E-state index is 11.7. The minimum Gasteiger partial charge on any atom is -0.312 e. The van der Waals surface area contributed by atoms with Gasteiger partial charge in [-0.05, 0) is 30.0 Å². The van der Waals surface area contributed by atoms with Crippen molar-refractivity contribution in [2.24, 2.45) is 0 Å². The van der Waals surface area contributed by atoms with Crippen LogP contribution in [0, 0.1) is 0 Å². The molecular weight excluding hydrogens is 186 g/mol. The van der Waals surface area contributed by atoms with Crippen LogP contribution >= 0.6 is 0 Å². The molecule has 1 heterocycles. The first-order valence-corrected chi connectivity index (χ1v) is 5.56. The van der Waals surface area contributed by atoms with Gasteiger partial charge in [-0.1, -0.05) is 26.0 Å². The number of hydrogen-bond acceptors (Lipinski definition) is 1. The van der Waals surface area contributed by atoms with Crippen molar-refractivity contribution in [3.8, 4) is 0 Å². The van der Waals surface area contributed by atoms with Crippen molar-refractivity contribution in [2.45, 2.75) is 33.1 Å². The molecule has 0 saturated carbocycles. The van der Waals surface area contributed by atoms with Crippen molar-refractivity contribution in [3.63, 3.8) is 0 Å². The van der Waals surface area contributed by atoms with Gasteiger partial charge in [0.2, 0.25) is 5.91 Å². The lowest BCUT2D eigenvalue weighted by atomic mass is 10.00. The zero-order valence-electron chi connectivity index (χ0n) is 9.58. The van der Waals surface area contributed by atoms with Crippen molar-refractivity contribution in [3.05, 3.63) is 29.3 Å². The monoisotopic (exact) mass is 203 g/mol. The van der Waals surface area contributed by atoms with E-state index in [9.17, 15) is 4.79 Å². The highest BCUT2D eigenvalue weighted by Crippen LogP contribution is 2.31. The maximum atomic E-state index is 11.7. The lowest BCUT2D eigenvalue weighted by Gasteiger charge is -2.15. The predicted molar refractivity (Wildman–Crippen MR) is 62.3 cm³/mol. The summed E-state index contributed by atoms with van der Waals surface area (Å²) >= 11 is 0. The Bertz CT molecular complexity index is 396. The Morgan fingerprint density at radius 3 is 2.73 bits per heavy atom. The van der Waals surface area contributed by atoms with Gasteiger partial charge in [0.15, 0.2) is 0 Å². The van der Waals surface area contributed by atoms with Gasteiger partial charge in [0.1, 0.15) is 0 Å². The molecule has 1 aliphatic rings. The molecule has 1 amide bonds. The molecule has 15 heavy (non-hydrogen) atoms. The van der Waals surface area contributed by atoms with Crippen LogP contribution in [0.15, 0.2) is 18.2 Å². The van der Waals surface area contributed by atoms with E-state index in [-0.39, 0.29) is 5.91 Å². The molecule has 0 fully saturated rings. The van der Waals surface area contributed by atoms with Gasteiger partial charge in [-0.15, -0.1) is 0 Å². The Morgan fingerprint density at radius 2 is 2.13 bits per heavy atom. The second kappa shape index (κ2) is 3.69. The Kier molecular flexibility index (Phi) is 2.51. The predicted octanol–water partition coefficient (Wildman–Crippen LogP) is 2.72. The van der Waals surface area contributed by atoms with E-state index in [1.54, 1.807) is 0 Å². The summed E-state index contributed by atoms with van der Waals surface area (Å²) in [6, 6.07) is 6.39. The van der Waals surface area contributed by atoms with Crippen molar-refractivity contribution >= 4 is 11.6 Å². The van der Waals surface area contributed by atoms with Gasteiger partial charge < -0.3 is 4.90 Å². The van der Waals surface area contributed by atoms with Gasteiger partial charge in [-0.2, -0.15) is 0 Å². The number of hydrogen-bond donors (Lipinski definition) is 0. The SMILES string of the molecule is CCN1C(=O)Cc2cc(C(C)C)ccc21. The molecule has 0 atom stereocenters. The van der Waals surface area contributed by atoms with Gasteiger partial charge >= 0.3 is 0 Å². The lowest BCUT2D eigenvalue weighted by Crippen LogP contribution is -2.25. The molecule has 0 unspecified atom stereocenters. The largest absolute Gasteiger partial charge is 0.312 e. The number of likely N-dealkylation sites (N-methyl/N-ethyl adjacent to an activating group) is 1. The molecule has 0 spiro atoms. The molecule has 1 aromatic rings. The lowest BCUT2D eigenvalue weighted by molar-refractivity contribution is -0.117. The highest BCUT2D eigenvalue weighted by Gasteiger charge is 2.25. The minimum atomic E-state index is 0.230. The molecule has 1 aromatic carbocycles. The molecule has 0 aromatic heterocycles. The highest BCUT2D eigenvalue weighted by atomic mass is 16.2. The topological polar surface area (TPSA) is 20.3 Å². The van der Waals surface area contributed by atoms with Crippen LogP contribution in [-0.2, 0) is 11.2 Å². The molecule has 0 radical (unpaired) electrons. The fourth-order valence-electron chi connectivity index (χ4n) is 2.11. The van der Waals surface area contributed by atoms with E-state index < -0.39 is 0 Å². The van der Waals surface area contributed by atoms with Crippen LogP contribution in [0.5, 0.6) is 0 Å². The molecular formula is C13H17NO. The van der Waals surface area contributed by atoms with E-state index >= 15 is 0 Å². The zero-order valence-corrected chi connectivity index (χ0v) is 9.58. The summed E-state index contributed by atoms with van der Waals surface area (Å²) in [5.41, 5.74) is 3.61. The van der Waals surface area contributed by atoms with Crippen molar-refractivity contribution in [1.29, 1.82) is 0 Å². The third kappa shape index (κ3) is 1.65. The van der Waals surface area contributed by atoms with Crippen molar-refractivity contribution in [2.75, 3.05) is 11.4 Å². The van der Waals surface area contributed by atoms with E-state index in [4.69, 9.17) is 0 Å². The molecule has 0 aliphatic carbocycles. The third-order valence-electron chi connectivity index (χ3n) is 3.02. The quantitative estimate of drug-likeness (QED) is 0.723. The minimum absolute atomic E-state index is 0.230. The number of fused-ring (bicyclic) bond motifs is 1. The second-order valence-electron chi connectivity index (χ2n) is 4.36. The summed E-state index contributed by atoms with van der Waals surface area (Å²) in [5.74, 6) is 0.759. The first-order valence-electron chi connectivity index (χ1n) is 5.56. The zero-order chi connectivity index (χ0) is 11.0. The van der Waals surface area contributed by atoms with E-state index in [1.807, 2.05) is 11.8 Å². The first-order chi connectivity index (χ1) is 7.13. The molecule has 2 heteroatoms. The van der Waals surface area contributed by atoms with Gasteiger partial charge in [-0.25, -0.2) is 0 Å². The summed E-state index contributed by atoms with van der Waals surface area (Å²) in [4.78, 5) is 13.5. The Balaban J connectivity index is 2.41. The molecule has 2 rings (SSSR count). The molecule has 80 valence electrons. The van der Waals surface area contributed by atoms with Crippen LogP contribution in [0.1, 0.15) is 37.8 Å². The van der Waals surface area contributed by atoms with Gasteiger partial charge in [0.05, 0.1) is 6.42 Å². The van der Waals surface area contributed by atoms with Crippen LogP contribution < -0.4 is 4.90 Å². The second-order valence-corrected chi connectivity index (χ2v) is 4.36. The van der Waals surface area contributed by atoms with Crippen LogP contribution in [0.4, 0.5) is 5.69 Å². The third-order valence-corrected chi connectivity index (χ3v) is 3.02. The van der Waals surface area contributed by atoms with Crippen LogP contribution in [0.3, 0.4) is 0 Å². The number of benzene rings is 1.